The van der Waals surface area contributed by atoms with Crippen molar-refractivity contribution in [2.75, 3.05) is 31.9 Å². The van der Waals surface area contributed by atoms with E-state index in [9.17, 15) is 9.59 Å². The van der Waals surface area contributed by atoms with Crippen LogP contribution in [0.2, 0.25) is 0 Å². The highest BCUT2D eigenvalue weighted by atomic mass is 32.1. The number of carbonyl (C=O) groups excluding carboxylic acids is 2. The topological polar surface area (TPSA) is 139 Å². The van der Waals surface area contributed by atoms with Gasteiger partial charge in [0.05, 0.1) is 25.6 Å². The number of nitrogens with one attached hydrogen (secondary N) is 1. The molecule has 3 rings (SSSR count). The second-order valence-corrected chi connectivity index (χ2v) is 6.59. The zero-order chi connectivity index (χ0) is 21.0. The first-order chi connectivity index (χ1) is 13.9. The lowest BCUT2D eigenvalue weighted by atomic mass is 10.1. The molecular weight excluding hydrogens is 400 g/mol. The molecule has 0 unspecified atom stereocenters. The molecule has 0 aliphatic heterocycles. The van der Waals surface area contributed by atoms with Crippen molar-refractivity contribution >= 4 is 34.2 Å². The van der Waals surface area contributed by atoms with Gasteiger partial charge in [0.15, 0.2) is 11.7 Å². The molecule has 0 saturated carbocycles. The highest BCUT2D eigenvalue weighted by molar-refractivity contribution is 7.14. The van der Waals surface area contributed by atoms with Crippen LogP contribution in [0.3, 0.4) is 0 Å². The van der Waals surface area contributed by atoms with Crippen molar-refractivity contribution < 1.29 is 28.3 Å². The Morgan fingerprint density at radius 3 is 2.72 bits per heavy atom. The standard InChI is InChI=1S/C18H18N4O6S/c1-9-15(16(19)28-22-9)17(24)27-7-14(23)21-18-20-12(8-29-18)11-6-10(25-2)4-5-13(11)26-3/h4-6,8H,7,19H2,1-3H3,(H,20,21,23). The lowest BCUT2D eigenvalue weighted by Crippen LogP contribution is -2.21. The van der Waals surface area contributed by atoms with Crippen LogP contribution in [0.25, 0.3) is 11.3 Å². The summed E-state index contributed by atoms with van der Waals surface area (Å²) < 4.78 is 20.2. The van der Waals surface area contributed by atoms with Crippen molar-refractivity contribution in [3.63, 3.8) is 0 Å². The number of amides is 1. The van der Waals surface area contributed by atoms with E-state index in [0.29, 0.717) is 27.9 Å². The number of rotatable bonds is 7. The van der Waals surface area contributed by atoms with E-state index < -0.39 is 18.5 Å². The van der Waals surface area contributed by atoms with Gasteiger partial charge in [-0.2, -0.15) is 0 Å². The number of carbonyl (C=O) groups is 2. The van der Waals surface area contributed by atoms with E-state index in [1.54, 1.807) is 44.7 Å². The number of aryl methyl sites for hydroxylation is 1. The van der Waals surface area contributed by atoms with Crippen molar-refractivity contribution in [1.82, 2.24) is 10.1 Å². The summed E-state index contributed by atoms with van der Waals surface area (Å²) in [4.78, 5) is 28.5. The zero-order valence-corrected chi connectivity index (χ0v) is 16.7. The average Bonchev–Trinajstić information content (AvgIpc) is 3.31. The number of nitrogen functional groups attached to an aromatic ring is 1. The van der Waals surface area contributed by atoms with E-state index in [2.05, 4.69) is 15.5 Å². The summed E-state index contributed by atoms with van der Waals surface area (Å²) in [5, 5.41) is 8.24. The van der Waals surface area contributed by atoms with Crippen LogP contribution in [0.5, 0.6) is 11.5 Å². The molecule has 0 fully saturated rings. The Morgan fingerprint density at radius 2 is 2.07 bits per heavy atom. The van der Waals surface area contributed by atoms with Crippen LogP contribution >= 0.6 is 11.3 Å². The summed E-state index contributed by atoms with van der Waals surface area (Å²) in [6.07, 6.45) is 0. The Kier molecular flexibility index (Phi) is 5.98. The number of aromatic nitrogens is 2. The van der Waals surface area contributed by atoms with Gasteiger partial charge >= 0.3 is 5.97 Å². The molecule has 11 heteroatoms. The van der Waals surface area contributed by atoms with Crippen LogP contribution in [-0.2, 0) is 9.53 Å². The summed E-state index contributed by atoms with van der Waals surface area (Å²) in [5.74, 6) is -0.245. The molecule has 0 spiro atoms. The number of hydrogen-bond acceptors (Lipinski definition) is 10. The first-order valence-corrected chi connectivity index (χ1v) is 9.17. The zero-order valence-electron chi connectivity index (χ0n) is 15.8. The molecule has 3 N–H and O–H groups in total. The quantitative estimate of drug-likeness (QED) is 0.554. The minimum atomic E-state index is -0.794. The molecular formula is C18H18N4O6S. The first-order valence-electron chi connectivity index (χ1n) is 8.29. The number of nitrogens with zero attached hydrogens (tertiary/aromatic N) is 2. The maximum absolute atomic E-state index is 12.1. The van der Waals surface area contributed by atoms with Crippen LogP contribution in [0.1, 0.15) is 16.1 Å². The van der Waals surface area contributed by atoms with Gasteiger partial charge < -0.3 is 24.5 Å². The third kappa shape index (κ3) is 4.46. The predicted molar refractivity (Wildman–Crippen MR) is 105 cm³/mol. The first kappa shape index (κ1) is 20.1. The minimum Gasteiger partial charge on any atom is -0.497 e. The van der Waals surface area contributed by atoms with Crippen LogP contribution in [0.4, 0.5) is 11.0 Å². The molecule has 10 nitrogen and oxygen atoms in total. The summed E-state index contributed by atoms with van der Waals surface area (Å²) in [7, 11) is 3.12. The molecule has 1 amide bonds. The van der Waals surface area contributed by atoms with Gasteiger partial charge in [0.25, 0.3) is 5.91 Å². The lowest BCUT2D eigenvalue weighted by Gasteiger charge is -2.08. The molecule has 1 aromatic carbocycles. The number of ether oxygens (including phenoxy) is 3. The molecule has 29 heavy (non-hydrogen) atoms. The van der Waals surface area contributed by atoms with Gasteiger partial charge in [0.2, 0.25) is 5.88 Å². The molecule has 0 aliphatic rings. The Morgan fingerprint density at radius 1 is 1.28 bits per heavy atom. The van der Waals surface area contributed by atoms with Crippen molar-refractivity contribution in [2.45, 2.75) is 6.92 Å². The third-order valence-corrected chi connectivity index (χ3v) is 4.62. The summed E-state index contributed by atoms with van der Waals surface area (Å²) >= 11 is 1.22. The van der Waals surface area contributed by atoms with Crippen molar-refractivity contribution in [2.24, 2.45) is 0 Å². The summed E-state index contributed by atoms with van der Waals surface area (Å²) in [5.41, 5.74) is 7.12. The number of anilines is 2. The Balaban J connectivity index is 1.64. The number of benzene rings is 1. The number of thiazole rings is 1. The van der Waals surface area contributed by atoms with E-state index >= 15 is 0 Å². The molecule has 0 saturated heterocycles. The van der Waals surface area contributed by atoms with E-state index in [1.807, 2.05) is 0 Å². The largest absolute Gasteiger partial charge is 0.497 e. The normalized spacial score (nSPS) is 10.4. The van der Waals surface area contributed by atoms with E-state index in [-0.39, 0.29) is 17.1 Å². The summed E-state index contributed by atoms with van der Waals surface area (Å²) in [6, 6.07) is 5.33. The fraction of sp³-hybridized carbons (Fsp3) is 0.222. The molecule has 2 heterocycles. The smallest absolute Gasteiger partial charge is 0.346 e. The van der Waals surface area contributed by atoms with Crippen molar-refractivity contribution in [3.8, 4) is 22.8 Å². The number of nitrogens with two attached hydrogens (primary N) is 1. The second-order valence-electron chi connectivity index (χ2n) is 5.74. The summed E-state index contributed by atoms with van der Waals surface area (Å²) in [6.45, 7) is 1.03. The molecule has 3 aromatic rings. The fourth-order valence-corrected chi connectivity index (χ4v) is 3.19. The highest BCUT2D eigenvalue weighted by Crippen LogP contribution is 2.35. The van der Waals surface area contributed by atoms with Gasteiger partial charge in [-0.15, -0.1) is 11.3 Å². The Bertz CT molecular complexity index is 1030. The van der Waals surface area contributed by atoms with Crippen LogP contribution < -0.4 is 20.5 Å². The van der Waals surface area contributed by atoms with Crippen LogP contribution in [0.15, 0.2) is 28.1 Å². The third-order valence-electron chi connectivity index (χ3n) is 3.86. The van der Waals surface area contributed by atoms with Crippen molar-refractivity contribution in [1.29, 1.82) is 0 Å². The van der Waals surface area contributed by atoms with Crippen molar-refractivity contribution in [3.05, 3.63) is 34.8 Å². The van der Waals surface area contributed by atoms with Crippen LogP contribution in [-0.4, -0.2) is 42.8 Å². The monoisotopic (exact) mass is 418 g/mol. The van der Waals surface area contributed by atoms with E-state index in [4.69, 9.17) is 24.5 Å². The Labute approximate surface area is 169 Å². The van der Waals surface area contributed by atoms with Crippen LogP contribution in [0, 0.1) is 6.92 Å². The van der Waals surface area contributed by atoms with E-state index in [0.717, 1.165) is 0 Å². The number of methoxy groups -OCH3 is 2. The molecule has 0 aliphatic carbocycles. The lowest BCUT2D eigenvalue weighted by molar-refractivity contribution is -0.119. The Hall–Kier alpha value is -3.60. The maximum atomic E-state index is 12.1. The second kappa shape index (κ2) is 8.61. The van der Waals surface area contributed by atoms with Gasteiger partial charge in [-0.25, -0.2) is 9.78 Å². The van der Waals surface area contributed by atoms with Gasteiger partial charge in [0, 0.05) is 10.9 Å². The molecule has 152 valence electrons. The molecule has 0 radical (unpaired) electrons. The fourth-order valence-electron chi connectivity index (χ4n) is 2.46. The average molecular weight is 418 g/mol. The number of hydrogen-bond donors (Lipinski definition) is 2. The number of esters is 1. The highest BCUT2D eigenvalue weighted by Gasteiger charge is 2.21. The molecule has 0 atom stereocenters. The van der Waals surface area contributed by atoms with Gasteiger partial charge in [-0.1, -0.05) is 5.16 Å². The SMILES string of the molecule is COc1ccc(OC)c(-c2csc(NC(=O)COC(=O)c3c(C)noc3N)n2)c1. The molecule has 2 aromatic heterocycles. The minimum absolute atomic E-state index is 0.000505. The van der Waals surface area contributed by atoms with E-state index in [1.165, 1.54) is 11.3 Å². The van der Waals surface area contributed by atoms with Gasteiger partial charge in [-0.3, -0.25) is 10.1 Å². The molecule has 0 bridgehead atoms. The van der Waals surface area contributed by atoms with Gasteiger partial charge in [0.1, 0.15) is 17.1 Å². The maximum Gasteiger partial charge on any atom is 0.346 e. The van der Waals surface area contributed by atoms with Gasteiger partial charge in [-0.05, 0) is 25.1 Å². The predicted octanol–water partition coefficient (Wildman–Crippen LogP) is 2.50.